The van der Waals surface area contributed by atoms with E-state index in [0.29, 0.717) is 12.0 Å². The first-order valence-electron chi connectivity index (χ1n) is 6.30. The molecule has 1 aromatic carbocycles. The number of nitrogens with zero attached hydrogens (tertiary/aromatic N) is 2. The summed E-state index contributed by atoms with van der Waals surface area (Å²) in [6, 6.07) is 3.82. The van der Waals surface area contributed by atoms with Crippen LogP contribution >= 0.6 is 0 Å². The molecule has 1 saturated carbocycles. The number of carbonyl (C=O) groups is 1. The highest BCUT2D eigenvalue weighted by molar-refractivity contribution is 5.93. The van der Waals surface area contributed by atoms with Crippen LogP contribution in [0.1, 0.15) is 17.9 Å². The number of methoxy groups -OCH3 is 1. The first-order valence-corrected chi connectivity index (χ1v) is 6.30. The first-order chi connectivity index (χ1) is 10.1. The zero-order valence-electron chi connectivity index (χ0n) is 11.1. The highest BCUT2D eigenvalue weighted by Crippen LogP contribution is 2.48. The van der Waals surface area contributed by atoms with Gasteiger partial charge in [-0.15, -0.1) is 5.10 Å². The van der Waals surface area contributed by atoms with Crippen molar-refractivity contribution >= 4 is 11.9 Å². The van der Waals surface area contributed by atoms with E-state index in [4.69, 9.17) is 4.74 Å². The maximum absolute atomic E-state index is 13.2. The molecule has 2 N–H and O–H groups in total. The molecule has 2 aromatic rings. The lowest BCUT2D eigenvalue weighted by Gasteiger charge is -2.02. The largest absolute Gasteiger partial charge is 0.466 e. The molecule has 0 radical (unpaired) electrons. The number of anilines is 1. The first kappa shape index (κ1) is 13.5. The van der Waals surface area contributed by atoms with Gasteiger partial charge in [-0.05, 0) is 30.0 Å². The Bertz CT molecular complexity index is 689. The topological polar surface area (TPSA) is 79.9 Å². The van der Waals surface area contributed by atoms with Crippen molar-refractivity contribution in [2.75, 3.05) is 12.4 Å². The predicted molar refractivity (Wildman–Crippen MR) is 68.8 cm³/mol. The number of H-pyrrole nitrogens is 1. The summed E-state index contributed by atoms with van der Waals surface area (Å²) in [5.74, 6) is -2.25. The second-order valence-corrected chi connectivity index (χ2v) is 4.78. The molecule has 2 atom stereocenters. The molecule has 0 bridgehead atoms. The molecule has 8 heteroatoms. The van der Waals surface area contributed by atoms with E-state index in [1.54, 1.807) is 0 Å². The van der Waals surface area contributed by atoms with E-state index >= 15 is 0 Å². The van der Waals surface area contributed by atoms with Gasteiger partial charge in [-0.2, -0.15) is 4.98 Å². The lowest BCUT2D eigenvalue weighted by Crippen LogP contribution is -2.15. The van der Waals surface area contributed by atoms with Crippen LogP contribution in [0.3, 0.4) is 0 Å². The smallest absolute Gasteiger partial charge is 0.336 e. The molecule has 1 amide bonds. The van der Waals surface area contributed by atoms with Crippen LogP contribution in [0.15, 0.2) is 18.2 Å². The molecule has 1 aliphatic carbocycles. The van der Waals surface area contributed by atoms with E-state index in [9.17, 15) is 13.6 Å². The van der Waals surface area contributed by atoms with Crippen molar-refractivity contribution in [3.8, 4) is 6.01 Å². The van der Waals surface area contributed by atoms with E-state index in [0.717, 1.165) is 12.1 Å². The van der Waals surface area contributed by atoms with Crippen LogP contribution in [0.4, 0.5) is 14.7 Å². The maximum atomic E-state index is 13.2. The number of rotatable bonds is 4. The van der Waals surface area contributed by atoms with Gasteiger partial charge in [-0.25, -0.2) is 13.9 Å². The van der Waals surface area contributed by atoms with Crippen LogP contribution in [0, 0.1) is 17.6 Å². The number of amides is 1. The number of nitrogens with one attached hydrogen (secondary N) is 2. The van der Waals surface area contributed by atoms with E-state index in [2.05, 4.69) is 20.5 Å². The lowest BCUT2D eigenvalue weighted by atomic mass is 10.1. The Labute approximate surface area is 118 Å². The molecule has 0 aliphatic heterocycles. The maximum Gasteiger partial charge on any atom is 0.336 e. The molecule has 110 valence electrons. The summed E-state index contributed by atoms with van der Waals surface area (Å²) in [6.07, 6.45) is 0.585. The summed E-state index contributed by atoms with van der Waals surface area (Å²) in [4.78, 5) is 15.9. The summed E-state index contributed by atoms with van der Waals surface area (Å²) in [7, 11) is 1.41. The Morgan fingerprint density at radius 1 is 1.43 bits per heavy atom. The van der Waals surface area contributed by atoms with Crippen LogP contribution in [-0.2, 0) is 4.79 Å². The molecule has 1 fully saturated rings. The summed E-state index contributed by atoms with van der Waals surface area (Å²) < 4.78 is 30.8. The van der Waals surface area contributed by atoms with E-state index in [-0.39, 0.29) is 29.7 Å². The van der Waals surface area contributed by atoms with Gasteiger partial charge in [0.15, 0.2) is 11.6 Å². The third kappa shape index (κ3) is 2.69. The average Bonchev–Trinajstić information content (AvgIpc) is 3.15. The number of benzene rings is 1. The molecule has 0 saturated heterocycles. The van der Waals surface area contributed by atoms with Gasteiger partial charge in [0.2, 0.25) is 11.9 Å². The zero-order valence-corrected chi connectivity index (χ0v) is 11.1. The molecular weight excluding hydrogens is 282 g/mol. The van der Waals surface area contributed by atoms with E-state index in [1.807, 2.05) is 0 Å². The predicted octanol–water partition coefficient (Wildman–Crippen LogP) is 1.83. The molecule has 6 nitrogen and oxygen atoms in total. The van der Waals surface area contributed by atoms with Crippen molar-refractivity contribution in [2.45, 2.75) is 12.3 Å². The van der Waals surface area contributed by atoms with Gasteiger partial charge < -0.3 is 4.74 Å². The summed E-state index contributed by atoms with van der Waals surface area (Å²) in [5, 5.41) is 8.78. The van der Waals surface area contributed by atoms with Crippen LogP contribution in [0.5, 0.6) is 6.01 Å². The molecule has 0 unspecified atom stereocenters. The molecule has 1 aromatic heterocycles. The van der Waals surface area contributed by atoms with Gasteiger partial charge >= 0.3 is 6.01 Å². The third-order valence-corrected chi connectivity index (χ3v) is 3.39. The summed E-state index contributed by atoms with van der Waals surface area (Å²) in [5.41, 5.74) is 0.615. The van der Waals surface area contributed by atoms with Crippen molar-refractivity contribution in [3.63, 3.8) is 0 Å². The van der Waals surface area contributed by atoms with Gasteiger partial charge in [0.05, 0.1) is 7.11 Å². The van der Waals surface area contributed by atoms with E-state index < -0.39 is 11.6 Å². The Hall–Kier alpha value is -2.51. The molecule has 0 spiro atoms. The fourth-order valence-electron chi connectivity index (χ4n) is 2.20. The number of hydrogen-bond donors (Lipinski definition) is 2. The van der Waals surface area contributed by atoms with Crippen molar-refractivity contribution in [3.05, 3.63) is 35.4 Å². The minimum absolute atomic E-state index is 0.107. The molecule has 21 heavy (non-hydrogen) atoms. The lowest BCUT2D eigenvalue weighted by molar-refractivity contribution is -0.117. The van der Waals surface area contributed by atoms with Gasteiger partial charge in [-0.1, -0.05) is 6.07 Å². The molecular formula is C13H12F2N4O2. The van der Waals surface area contributed by atoms with Crippen molar-refractivity contribution in [2.24, 2.45) is 5.92 Å². The van der Waals surface area contributed by atoms with Gasteiger partial charge in [-0.3, -0.25) is 10.1 Å². The van der Waals surface area contributed by atoms with Crippen LogP contribution in [0.2, 0.25) is 0 Å². The Morgan fingerprint density at radius 2 is 2.24 bits per heavy atom. The number of carbonyl (C=O) groups excluding carboxylic acids is 1. The van der Waals surface area contributed by atoms with Gasteiger partial charge in [0, 0.05) is 5.92 Å². The number of aromatic amines is 1. The van der Waals surface area contributed by atoms with E-state index in [1.165, 1.54) is 13.2 Å². The highest BCUT2D eigenvalue weighted by Gasteiger charge is 2.44. The third-order valence-electron chi connectivity index (χ3n) is 3.39. The van der Waals surface area contributed by atoms with Crippen LogP contribution < -0.4 is 10.1 Å². The average molecular weight is 294 g/mol. The minimum atomic E-state index is -0.904. The van der Waals surface area contributed by atoms with Crippen LogP contribution in [-0.4, -0.2) is 28.2 Å². The summed E-state index contributed by atoms with van der Waals surface area (Å²) >= 11 is 0. The number of hydrogen-bond acceptors (Lipinski definition) is 4. The highest BCUT2D eigenvalue weighted by atomic mass is 19.2. The number of aromatic nitrogens is 3. The van der Waals surface area contributed by atoms with Crippen molar-refractivity contribution in [1.29, 1.82) is 0 Å². The van der Waals surface area contributed by atoms with Gasteiger partial charge in [0.1, 0.15) is 0 Å². The van der Waals surface area contributed by atoms with Crippen molar-refractivity contribution in [1.82, 2.24) is 15.2 Å². The Balaban J connectivity index is 1.64. The number of halogens is 2. The fourth-order valence-corrected chi connectivity index (χ4v) is 2.20. The second-order valence-electron chi connectivity index (χ2n) is 4.78. The standard InChI is InChI=1S/C13H12F2N4O2/c1-21-13-17-12(18-19-13)16-11(20)8-5-7(8)6-2-3-9(14)10(15)4-6/h2-4,7-8H,5H2,1H3,(H2,16,17,18,19,20)/t7-,8-/m1/s1. The number of ether oxygens (including phenoxy) is 1. The Kier molecular flexibility index (Phi) is 3.28. The zero-order chi connectivity index (χ0) is 15.0. The van der Waals surface area contributed by atoms with Gasteiger partial charge in [0.25, 0.3) is 0 Å². The fraction of sp³-hybridized carbons (Fsp3) is 0.308. The molecule has 3 rings (SSSR count). The monoisotopic (exact) mass is 294 g/mol. The molecule has 1 aliphatic rings. The minimum Gasteiger partial charge on any atom is -0.466 e. The quantitative estimate of drug-likeness (QED) is 0.901. The second kappa shape index (κ2) is 5.12. The summed E-state index contributed by atoms with van der Waals surface area (Å²) in [6.45, 7) is 0. The van der Waals surface area contributed by atoms with Crippen molar-refractivity contribution < 1.29 is 18.3 Å². The Morgan fingerprint density at radius 3 is 2.90 bits per heavy atom. The van der Waals surface area contributed by atoms with Crippen LogP contribution in [0.25, 0.3) is 0 Å². The normalized spacial score (nSPS) is 20.1. The SMILES string of the molecule is COc1n[nH]c(NC(=O)[C@@H]2C[C@@H]2c2ccc(F)c(F)c2)n1. The molecule has 1 heterocycles.